The lowest BCUT2D eigenvalue weighted by Gasteiger charge is -2.33. The molecule has 7 nitrogen and oxygen atoms in total. The van der Waals surface area contributed by atoms with Gasteiger partial charge in [-0.15, -0.1) is 0 Å². The zero-order valence-corrected chi connectivity index (χ0v) is 23.3. The number of rotatable bonds is 7. The van der Waals surface area contributed by atoms with E-state index in [0.29, 0.717) is 43.5 Å². The largest absolute Gasteiger partial charge is 0.355 e. The van der Waals surface area contributed by atoms with E-state index in [1.165, 1.54) is 16.8 Å². The van der Waals surface area contributed by atoms with Crippen molar-refractivity contribution in [2.75, 3.05) is 26.2 Å². The SMILES string of the molecule is CC(=O)N1CCN(S(=O)(=O)c2ccc(CC(C)(C)C)cc2)CC1.CC(C)c1ccc(CNC=O)cc1. The van der Waals surface area contributed by atoms with Crippen molar-refractivity contribution < 1.29 is 18.0 Å². The number of amides is 2. The molecule has 0 spiro atoms. The number of carbonyl (C=O) groups excluding carboxylic acids is 2. The molecule has 36 heavy (non-hydrogen) atoms. The Labute approximate surface area is 216 Å². The van der Waals surface area contributed by atoms with Crippen molar-refractivity contribution >= 4 is 22.3 Å². The van der Waals surface area contributed by atoms with Gasteiger partial charge in [-0.3, -0.25) is 9.59 Å². The third-order valence-corrected chi connectivity index (χ3v) is 7.93. The fourth-order valence-corrected chi connectivity index (χ4v) is 5.39. The van der Waals surface area contributed by atoms with Gasteiger partial charge in [-0.2, -0.15) is 4.31 Å². The van der Waals surface area contributed by atoms with Gasteiger partial charge in [0.15, 0.2) is 0 Å². The molecule has 0 aliphatic carbocycles. The first-order valence-electron chi connectivity index (χ1n) is 12.4. The van der Waals surface area contributed by atoms with Crippen LogP contribution in [0.5, 0.6) is 0 Å². The second-order valence-electron chi connectivity index (χ2n) is 10.7. The molecule has 2 aromatic carbocycles. The van der Waals surface area contributed by atoms with Crippen LogP contribution < -0.4 is 5.32 Å². The minimum Gasteiger partial charge on any atom is -0.355 e. The average Bonchev–Trinajstić information content (AvgIpc) is 2.83. The van der Waals surface area contributed by atoms with E-state index < -0.39 is 10.0 Å². The van der Waals surface area contributed by atoms with E-state index in [1.807, 2.05) is 24.3 Å². The lowest BCUT2D eigenvalue weighted by Crippen LogP contribution is -2.49. The van der Waals surface area contributed by atoms with Crippen LogP contribution in [-0.4, -0.2) is 56.1 Å². The summed E-state index contributed by atoms with van der Waals surface area (Å²) in [5, 5.41) is 2.63. The Hall–Kier alpha value is -2.71. The van der Waals surface area contributed by atoms with Gasteiger partial charge in [-0.25, -0.2) is 8.42 Å². The zero-order valence-electron chi connectivity index (χ0n) is 22.5. The molecule has 0 saturated carbocycles. The van der Waals surface area contributed by atoms with Crippen molar-refractivity contribution in [2.24, 2.45) is 5.41 Å². The summed E-state index contributed by atoms with van der Waals surface area (Å²) in [4.78, 5) is 23.4. The summed E-state index contributed by atoms with van der Waals surface area (Å²) in [5.74, 6) is 0.557. The number of carbonyl (C=O) groups is 2. The summed E-state index contributed by atoms with van der Waals surface area (Å²) < 4.78 is 26.8. The molecule has 3 rings (SSSR count). The molecule has 1 heterocycles. The molecule has 8 heteroatoms. The molecule has 0 aromatic heterocycles. The Morgan fingerprint density at radius 2 is 1.47 bits per heavy atom. The maximum atomic E-state index is 12.7. The molecular formula is C28H41N3O4S. The minimum atomic E-state index is -3.48. The second kappa shape index (κ2) is 13.0. The third kappa shape index (κ3) is 9.06. The predicted octanol–water partition coefficient (Wildman–Crippen LogP) is 4.18. The summed E-state index contributed by atoms with van der Waals surface area (Å²) in [5.41, 5.74) is 3.77. The minimum absolute atomic E-state index is 0.00594. The van der Waals surface area contributed by atoms with Crippen LogP contribution in [0.1, 0.15) is 64.2 Å². The van der Waals surface area contributed by atoms with E-state index >= 15 is 0 Å². The monoisotopic (exact) mass is 515 g/mol. The van der Waals surface area contributed by atoms with Gasteiger partial charge in [0.1, 0.15) is 0 Å². The van der Waals surface area contributed by atoms with Crippen LogP contribution in [0, 0.1) is 5.41 Å². The van der Waals surface area contributed by atoms with Gasteiger partial charge in [-0.1, -0.05) is 71.0 Å². The van der Waals surface area contributed by atoms with Crippen LogP contribution in [0.3, 0.4) is 0 Å². The van der Waals surface area contributed by atoms with Gasteiger partial charge in [0.05, 0.1) is 4.90 Å². The molecule has 1 fully saturated rings. The van der Waals surface area contributed by atoms with E-state index in [0.717, 1.165) is 24.0 Å². The molecule has 1 N–H and O–H groups in total. The van der Waals surface area contributed by atoms with Crippen molar-refractivity contribution in [2.45, 2.75) is 65.3 Å². The van der Waals surface area contributed by atoms with Gasteiger partial charge < -0.3 is 10.2 Å². The fraction of sp³-hybridized carbons (Fsp3) is 0.500. The molecule has 0 unspecified atom stereocenters. The number of nitrogens with one attached hydrogen (secondary N) is 1. The highest BCUT2D eigenvalue weighted by Gasteiger charge is 2.29. The first kappa shape index (κ1) is 29.5. The highest BCUT2D eigenvalue weighted by molar-refractivity contribution is 7.89. The van der Waals surface area contributed by atoms with Gasteiger partial charge in [0.25, 0.3) is 0 Å². The van der Waals surface area contributed by atoms with Crippen LogP contribution in [-0.2, 0) is 32.6 Å². The third-order valence-electron chi connectivity index (χ3n) is 6.02. The topological polar surface area (TPSA) is 86.8 Å². The summed E-state index contributed by atoms with van der Waals surface area (Å²) in [6.45, 7) is 14.5. The lowest BCUT2D eigenvalue weighted by atomic mass is 9.88. The first-order chi connectivity index (χ1) is 16.8. The summed E-state index contributed by atoms with van der Waals surface area (Å²) in [6.07, 6.45) is 1.63. The van der Waals surface area contributed by atoms with E-state index in [9.17, 15) is 18.0 Å². The highest BCUT2D eigenvalue weighted by atomic mass is 32.2. The maximum Gasteiger partial charge on any atom is 0.243 e. The van der Waals surface area contributed by atoms with Crippen LogP contribution in [0.2, 0.25) is 0 Å². The van der Waals surface area contributed by atoms with Crippen molar-refractivity contribution in [3.63, 3.8) is 0 Å². The second-order valence-corrected chi connectivity index (χ2v) is 12.6. The Morgan fingerprint density at radius 3 is 1.92 bits per heavy atom. The lowest BCUT2D eigenvalue weighted by molar-refractivity contribution is -0.130. The van der Waals surface area contributed by atoms with E-state index in [4.69, 9.17) is 0 Å². The molecule has 0 bridgehead atoms. The Kier molecular flexibility index (Phi) is 10.7. The maximum absolute atomic E-state index is 12.7. The van der Waals surface area contributed by atoms with Crippen molar-refractivity contribution in [1.82, 2.24) is 14.5 Å². The molecule has 2 aromatic rings. The summed E-state index contributed by atoms with van der Waals surface area (Å²) >= 11 is 0. The Bertz CT molecular complexity index is 1080. The normalized spacial score (nSPS) is 14.7. The van der Waals surface area contributed by atoms with Gasteiger partial charge in [-0.05, 0) is 46.6 Å². The number of piperazine rings is 1. The standard InChI is InChI=1S/C17H26N2O3S.C11H15NO/c1-14(20)18-9-11-19(12-10-18)23(21,22)16-7-5-15(6-8-16)13-17(2,3)4;1-9(2)11-5-3-10(4-6-11)7-12-8-13/h5-8H,9-13H2,1-4H3;3-6,8-9H,7H2,1-2H3,(H,12,13). The Morgan fingerprint density at radius 1 is 0.944 bits per heavy atom. The molecule has 2 amide bonds. The first-order valence-corrected chi connectivity index (χ1v) is 13.9. The van der Waals surface area contributed by atoms with Crippen LogP contribution in [0.25, 0.3) is 0 Å². The number of sulfonamides is 1. The molecule has 1 aliphatic heterocycles. The number of nitrogens with zero attached hydrogens (tertiary/aromatic N) is 2. The molecule has 0 atom stereocenters. The average molecular weight is 516 g/mol. The van der Waals surface area contributed by atoms with Crippen molar-refractivity contribution in [3.8, 4) is 0 Å². The smallest absolute Gasteiger partial charge is 0.243 e. The molecule has 1 aliphatic rings. The number of hydrogen-bond acceptors (Lipinski definition) is 4. The molecule has 1 saturated heterocycles. The predicted molar refractivity (Wildman–Crippen MR) is 144 cm³/mol. The number of hydrogen-bond donors (Lipinski definition) is 1. The van der Waals surface area contributed by atoms with Crippen molar-refractivity contribution in [1.29, 1.82) is 0 Å². The molecule has 0 radical (unpaired) electrons. The fourth-order valence-electron chi connectivity index (χ4n) is 3.96. The summed E-state index contributed by atoms with van der Waals surface area (Å²) in [6, 6.07) is 15.5. The van der Waals surface area contributed by atoms with E-state index in [2.05, 4.69) is 52.1 Å². The van der Waals surface area contributed by atoms with Gasteiger partial charge in [0.2, 0.25) is 22.3 Å². The van der Waals surface area contributed by atoms with Crippen molar-refractivity contribution in [3.05, 3.63) is 65.2 Å². The molecule has 198 valence electrons. The van der Waals surface area contributed by atoms with Crippen LogP contribution in [0.15, 0.2) is 53.4 Å². The van der Waals surface area contributed by atoms with Crippen LogP contribution >= 0.6 is 0 Å². The molecular weight excluding hydrogens is 474 g/mol. The Balaban J connectivity index is 0.000000297. The van der Waals surface area contributed by atoms with E-state index in [1.54, 1.807) is 17.0 Å². The highest BCUT2D eigenvalue weighted by Crippen LogP contribution is 2.23. The van der Waals surface area contributed by atoms with Gasteiger partial charge >= 0.3 is 0 Å². The van der Waals surface area contributed by atoms with Crippen LogP contribution in [0.4, 0.5) is 0 Å². The van der Waals surface area contributed by atoms with E-state index in [-0.39, 0.29) is 11.3 Å². The van der Waals surface area contributed by atoms with Gasteiger partial charge in [0, 0.05) is 39.6 Å². The summed E-state index contributed by atoms with van der Waals surface area (Å²) in [7, 11) is -3.48. The quantitative estimate of drug-likeness (QED) is 0.561. The number of benzene rings is 2. The zero-order chi connectivity index (χ0) is 26.9.